The standard InChI is InChI=1S/C17H27FN2/c1-14(2)12-17(10-7-11-20-19)13-15(3)8-5-6-9-16(4)18/h5-12,15-16,20H,13,19H2,1-4H3/b8-5-,9-6-,11-7+,17-10+. The van der Waals surface area contributed by atoms with Gasteiger partial charge in [-0.25, -0.2) is 4.39 Å². The van der Waals surface area contributed by atoms with Crippen LogP contribution in [0.25, 0.3) is 0 Å². The predicted molar refractivity (Wildman–Crippen MR) is 86.6 cm³/mol. The van der Waals surface area contributed by atoms with E-state index in [1.54, 1.807) is 12.3 Å². The lowest BCUT2D eigenvalue weighted by Crippen LogP contribution is -2.12. The van der Waals surface area contributed by atoms with Gasteiger partial charge in [0.15, 0.2) is 0 Å². The highest BCUT2D eigenvalue weighted by molar-refractivity contribution is 5.27. The van der Waals surface area contributed by atoms with Crippen LogP contribution >= 0.6 is 0 Å². The van der Waals surface area contributed by atoms with Crippen LogP contribution in [0.5, 0.6) is 0 Å². The number of hydrogen-bond donors (Lipinski definition) is 2. The number of hydrazine groups is 1. The molecule has 112 valence electrons. The minimum Gasteiger partial charge on any atom is -0.331 e. The van der Waals surface area contributed by atoms with Gasteiger partial charge in [-0.15, -0.1) is 0 Å². The Kier molecular flexibility index (Phi) is 10.3. The number of rotatable bonds is 8. The summed E-state index contributed by atoms with van der Waals surface area (Å²) in [6.45, 7) is 7.80. The van der Waals surface area contributed by atoms with Gasteiger partial charge in [0.25, 0.3) is 0 Å². The van der Waals surface area contributed by atoms with Gasteiger partial charge in [-0.3, -0.25) is 5.84 Å². The van der Waals surface area contributed by atoms with Gasteiger partial charge in [0, 0.05) is 6.20 Å². The Labute approximate surface area is 122 Å². The van der Waals surface area contributed by atoms with Crippen LogP contribution in [0.15, 0.2) is 59.9 Å². The summed E-state index contributed by atoms with van der Waals surface area (Å²) < 4.78 is 12.6. The van der Waals surface area contributed by atoms with Crippen LogP contribution in [0.2, 0.25) is 0 Å². The number of halogens is 1. The van der Waals surface area contributed by atoms with Gasteiger partial charge >= 0.3 is 0 Å². The summed E-state index contributed by atoms with van der Waals surface area (Å²) in [4.78, 5) is 0. The van der Waals surface area contributed by atoms with Crippen molar-refractivity contribution >= 4 is 0 Å². The molecule has 3 N–H and O–H groups in total. The fourth-order valence-electron chi connectivity index (χ4n) is 1.68. The van der Waals surface area contributed by atoms with Crippen molar-refractivity contribution in [2.75, 3.05) is 0 Å². The number of nitrogens with one attached hydrogen (secondary N) is 1. The van der Waals surface area contributed by atoms with E-state index in [0.717, 1.165) is 6.42 Å². The third-order valence-corrected chi connectivity index (χ3v) is 2.46. The van der Waals surface area contributed by atoms with Crippen molar-refractivity contribution in [2.24, 2.45) is 11.8 Å². The molecule has 0 rings (SSSR count). The molecular formula is C17H27FN2. The van der Waals surface area contributed by atoms with E-state index in [1.165, 1.54) is 24.1 Å². The predicted octanol–water partition coefficient (Wildman–Crippen LogP) is 4.35. The molecule has 0 spiro atoms. The van der Waals surface area contributed by atoms with Crippen LogP contribution in [0.3, 0.4) is 0 Å². The summed E-state index contributed by atoms with van der Waals surface area (Å²) in [5.74, 6) is 5.58. The molecule has 0 aliphatic rings. The molecule has 2 nitrogen and oxygen atoms in total. The molecule has 0 amide bonds. The molecule has 2 unspecified atom stereocenters. The van der Waals surface area contributed by atoms with Gasteiger partial charge in [-0.2, -0.15) is 0 Å². The fourth-order valence-corrected chi connectivity index (χ4v) is 1.68. The van der Waals surface area contributed by atoms with Gasteiger partial charge in [-0.05, 0) is 44.8 Å². The van der Waals surface area contributed by atoms with Crippen LogP contribution in [0, 0.1) is 5.92 Å². The summed E-state index contributed by atoms with van der Waals surface area (Å²) in [5.41, 5.74) is 4.97. The Morgan fingerprint density at radius 2 is 1.80 bits per heavy atom. The summed E-state index contributed by atoms with van der Waals surface area (Å²) >= 11 is 0. The molecular weight excluding hydrogens is 251 g/mol. The van der Waals surface area contributed by atoms with Crippen LogP contribution < -0.4 is 11.3 Å². The molecule has 0 aliphatic carbocycles. The summed E-state index contributed by atoms with van der Waals surface area (Å²) in [6, 6.07) is 0. The highest BCUT2D eigenvalue weighted by Gasteiger charge is 2.00. The van der Waals surface area contributed by atoms with Crippen molar-refractivity contribution in [2.45, 2.75) is 40.3 Å². The van der Waals surface area contributed by atoms with Gasteiger partial charge in [0.2, 0.25) is 0 Å². The second kappa shape index (κ2) is 11.2. The summed E-state index contributed by atoms with van der Waals surface area (Å²) in [7, 11) is 0. The molecule has 0 aromatic carbocycles. The lowest BCUT2D eigenvalue weighted by molar-refractivity contribution is 0.430. The zero-order valence-electron chi connectivity index (χ0n) is 12.9. The summed E-state index contributed by atoms with van der Waals surface area (Å²) in [5, 5.41) is 0. The number of nitrogens with two attached hydrogens (primary N) is 1. The number of allylic oxidation sites excluding steroid dienone is 9. The molecule has 0 heterocycles. The zero-order valence-corrected chi connectivity index (χ0v) is 12.9. The maximum absolute atomic E-state index is 12.6. The van der Waals surface area contributed by atoms with E-state index >= 15 is 0 Å². The molecule has 0 fully saturated rings. The first-order valence-corrected chi connectivity index (χ1v) is 6.91. The molecule has 0 saturated heterocycles. The van der Waals surface area contributed by atoms with Gasteiger partial charge in [-0.1, -0.05) is 49.0 Å². The Balaban J connectivity index is 4.61. The average molecular weight is 278 g/mol. The molecule has 0 aromatic rings. The fraction of sp³-hybridized carbons (Fsp3) is 0.412. The monoisotopic (exact) mass is 278 g/mol. The molecule has 3 heteroatoms. The van der Waals surface area contributed by atoms with Crippen LogP contribution in [0.4, 0.5) is 4.39 Å². The van der Waals surface area contributed by atoms with Gasteiger partial charge in [0.1, 0.15) is 6.17 Å². The Hall–Kier alpha value is -1.61. The van der Waals surface area contributed by atoms with Crippen LogP contribution in [0.1, 0.15) is 34.1 Å². The van der Waals surface area contributed by atoms with E-state index in [-0.39, 0.29) is 0 Å². The largest absolute Gasteiger partial charge is 0.331 e. The first-order valence-electron chi connectivity index (χ1n) is 6.91. The van der Waals surface area contributed by atoms with Crippen molar-refractivity contribution in [3.05, 3.63) is 59.9 Å². The molecule has 2 atom stereocenters. The third kappa shape index (κ3) is 11.5. The summed E-state index contributed by atoms with van der Waals surface area (Å²) in [6.07, 6.45) is 15.1. The van der Waals surface area contributed by atoms with E-state index < -0.39 is 6.17 Å². The molecule has 20 heavy (non-hydrogen) atoms. The lowest BCUT2D eigenvalue weighted by atomic mass is 9.98. The third-order valence-electron chi connectivity index (χ3n) is 2.46. The molecule has 0 radical (unpaired) electrons. The smallest absolute Gasteiger partial charge is 0.116 e. The minimum atomic E-state index is -0.898. The van der Waals surface area contributed by atoms with E-state index in [9.17, 15) is 4.39 Å². The minimum absolute atomic E-state index is 0.385. The Morgan fingerprint density at radius 1 is 1.15 bits per heavy atom. The van der Waals surface area contributed by atoms with Gasteiger partial charge < -0.3 is 5.43 Å². The van der Waals surface area contributed by atoms with E-state index in [2.05, 4.69) is 38.3 Å². The first-order chi connectivity index (χ1) is 9.45. The zero-order chi connectivity index (χ0) is 15.4. The van der Waals surface area contributed by atoms with Crippen LogP contribution in [-0.4, -0.2) is 6.17 Å². The highest BCUT2D eigenvalue weighted by atomic mass is 19.1. The maximum atomic E-state index is 12.6. The molecule has 0 aromatic heterocycles. The average Bonchev–Trinajstić information content (AvgIpc) is 2.34. The van der Waals surface area contributed by atoms with Crippen LogP contribution in [-0.2, 0) is 0 Å². The molecule has 0 bridgehead atoms. The Morgan fingerprint density at radius 3 is 2.35 bits per heavy atom. The molecule has 0 aliphatic heterocycles. The maximum Gasteiger partial charge on any atom is 0.116 e. The Bertz CT molecular complexity index is 397. The second-order valence-corrected chi connectivity index (χ2v) is 5.12. The normalized spacial score (nSPS) is 16.0. The quantitative estimate of drug-likeness (QED) is 0.393. The van der Waals surface area contributed by atoms with Crippen molar-refractivity contribution in [3.8, 4) is 0 Å². The van der Waals surface area contributed by atoms with Crippen molar-refractivity contribution in [1.29, 1.82) is 0 Å². The van der Waals surface area contributed by atoms with E-state index in [1.807, 2.05) is 18.2 Å². The topological polar surface area (TPSA) is 38.0 Å². The lowest BCUT2D eigenvalue weighted by Gasteiger charge is -2.07. The van der Waals surface area contributed by atoms with Crippen molar-refractivity contribution < 1.29 is 4.39 Å². The number of alkyl halides is 1. The molecule has 0 saturated carbocycles. The van der Waals surface area contributed by atoms with Gasteiger partial charge in [0.05, 0.1) is 0 Å². The first kappa shape index (κ1) is 18.4. The SMILES string of the molecule is CC(C)=C/C(=C\C=C\NN)CC(C)/C=C\C=C/C(C)F. The van der Waals surface area contributed by atoms with E-state index in [4.69, 9.17) is 5.84 Å². The van der Waals surface area contributed by atoms with E-state index in [0.29, 0.717) is 5.92 Å². The number of hydrogen-bond acceptors (Lipinski definition) is 2. The second-order valence-electron chi connectivity index (χ2n) is 5.12. The van der Waals surface area contributed by atoms with Crippen molar-refractivity contribution in [1.82, 2.24) is 5.43 Å². The highest BCUT2D eigenvalue weighted by Crippen LogP contribution is 2.16. The van der Waals surface area contributed by atoms with Crippen molar-refractivity contribution in [3.63, 3.8) is 0 Å².